The van der Waals surface area contributed by atoms with Gasteiger partial charge in [0.05, 0.1) is 26.4 Å². The van der Waals surface area contributed by atoms with E-state index in [1.165, 1.54) is 0 Å². The molecule has 4 rings (SSSR count). The van der Waals surface area contributed by atoms with Gasteiger partial charge in [0.2, 0.25) is 0 Å². The third-order valence-corrected chi connectivity index (χ3v) is 8.21. The Morgan fingerprint density at radius 2 is 0.644 bits per heavy atom. The van der Waals surface area contributed by atoms with Crippen LogP contribution in [0.4, 0.5) is 0 Å². The minimum absolute atomic E-state index is 0.802. The average Bonchev–Trinajstić information content (AvgIpc) is 3.02. The van der Waals surface area contributed by atoms with Crippen LogP contribution in [0.2, 0.25) is 0 Å². The second kappa shape index (κ2) is 15.6. The first-order valence-electron chi connectivity index (χ1n) is 14.1. The fourth-order valence-corrected chi connectivity index (χ4v) is 5.53. The molecule has 21 nitrogen and oxygen atoms in total. The summed E-state index contributed by atoms with van der Waals surface area (Å²) in [7, 11) is 0. The van der Waals surface area contributed by atoms with Crippen molar-refractivity contribution in [3.05, 3.63) is 0 Å². The van der Waals surface area contributed by atoms with Crippen LogP contribution in [0, 0.1) is 0 Å². The minimum atomic E-state index is -2.05. The van der Waals surface area contributed by atoms with Crippen LogP contribution in [0.15, 0.2) is 0 Å². The number of aliphatic hydroxyl groups excluding tert-OH is 14. The minimum Gasteiger partial charge on any atom is -0.394 e. The molecular formula is C24H42O21. The summed E-state index contributed by atoms with van der Waals surface area (Å²) >= 11 is 0. The van der Waals surface area contributed by atoms with Crippen LogP contribution in [0.25, 0.3) is 0 Å². The van der Waals surface area contributed by atoms with Crippen molar-refractivity contribution in [3.63, 3.8) is 0 Å². The molecule has 0 radical (unpaired) electrons. The highest BCUT2D eigenvalue weighted by atomic mass is 16.8. The topological polar surface area (TPSA) is 348 Å². The molecule has 0 saturated carbocycles. The molecule has 0 spiro atoms. The van der Waals surface area contributed by atoms with E-state index in [-0.39, 0.29) is 0 Å². The van der Waals surface area contributed by atoms with Crippen molar-refractivity contribution in [3.8, 4) is 0 Å². The third-order valence-electron chi connectivity index (χ3n) is 8.21. The van der Waals surface area contributed by atoms with Crippen LogP contribution in [-0.2, 0) is 33.2 Å². The molecule has 20 atom stereocenters. The molecule has 0 bridgehead atoms. The van der Waals surface area contributed by atoms with Crippen molar-refractivity contribution in [2.24, 2.45) is 0 Å². The van der Waals surface area contributed by atoms with Gasteiger partial charge < -0.3 is 105 Å². The lowest BCUT2D eigenvalue weighted by atomic mass is 9.95. The average molecular weight is 667 g/mol. The molecule has 0 aliphatic carbocycles. The summed E-state index contributed by atoms with van der Waals surface area (Å²) < 4.78 is 37.5. The zero-order valence-electron chi connectivity index (χ0n) is 23.5. The van der Waals surface area contributed by atoms with E-state index in [1.54, 1.807) is 0 Å². The zero-order chi connectivity index (χ0) is 33.3. The van der Waals surface area contributed by atoms with Crippen molar-refractivity contribution < 1.29 is 105 Å². The molecule has 4 aliphatic rings. The molecule has 4 saturated heterocycles. The largest absolute Gasteiger partial charge is 0.394 e. The molecule has 14 N–H and O–H groups in total. The highest BCUT2D eigenvalue weighted by molar-refractivity contribution is 4.97. The van der Waals surface area contributed by atoms with Crippen LogP contribution >= 0.6 is 0 Å². The second-order valence-corrected chi connectivity index (χ2v) is 11.1. The fourth-order valence-electron chi connectivity index (χ4n) is 5.53. The first kappa shape index (κ1) is 37.0. The quantitative estimate of drug-likeness (QED) is 0.103. The maximum Gasteiger partial charge on any atom is 0.187 e. The van der Waals surface area contributed by atoms with Crippen LogP contribution in [0.1, 0.15) is 0 Å². The predicted molar refractivity (Wildman–Crippen MR) is 134 cm³/mol. The number of hydrogen-bond donors (Lipinski definition) is 14. The van der Waals surface area contributed by atoms with Crippen LogP contribution in [0.5, 0.6) is 0 Å². The van der Waals surface area contributed by atoms with E-state index in [9.17, 15) is 71.5 Å². The summed E-state index contributed by atoms with van der Waals surface area (Å²) in [5.74, 6) is 0. The molecule has 0 aromatic rings. The van der Waals surface area contributed by atoms with Crippen molar-refractivity contribution in [1.82, 2.24) is 0 Å². The molecule has 0 aromatic carbocycles. The van der Waals surface area contributed by atoms with Gasteiger partial charge in [0, 0.05) is 0 Å². The van der Waals surface area contributed by atoms with Gasteiger partial charge in [-0.1, -0.05) is 0 Å². The van der Waals surface area contributed by atoms with Crippen molar-refractivity contribution in [2.75, 3.05) is 26.4 Å². The van der Waals surface area contributed by atoms with Crippen LogP contribution in [-0.4, -0.2) is 221 Å². The van der Waals surface area contributed by atoms with Gasteiger partial charge in [-0.15, -0.1) is 0 Å². The van der Waals surface area contributed by atoms with Gasteiger partial charge in [0.25, 0.3) is 0 Å². The van der Waals surface area contributed by atoms with E-state index in [2.05, 4.69) is 0 Å². The van der Waals surface area contributed by atoms with Crippen LogP contribution < -0.4 is 0 Å². The molecule has 0 aromatic heterocycles. The molecule has 21 heteroatoms. The van der Waals surface area contributed by atoms with E-state index >= 15 is 0 Å². The van der Waals surface area contributed by atoms with Gasteiger partial charge in [-0.2, -0.15) is 0 Å². The Morgan fingerprint density at radius 3 is 1.02 bits per heavy atom. The SMILES string of the molecule is OC[C@H]1O[C@H](O[C@@H]2[C@H](O)[C@@H](O[C@@H]3[C@H](O)[C@@H](O[C@H]4[C@H](O)[C@@H](CO)OC(O)[C@H]4O)O[C@H](CO)[C@H]3O)O[C@H](CO)[C@H]2O)[C@@H](O)[C@@H](O)[C@@H]1O. The maximum atomic E-state index is 11.1. The number of hydrogen-bond acceptors (Lipinski definition) is 21. The van der Waals surface area contributed by atoms with Crippen molar-refractivity contribution in [1.29, 1.82) is 0 Å². The number of ether oxygens (including phenoxy) is 7. The van der Waals surface area contributed by atoms with Crippen molar-refractivity contribution in [2.45, 2.75) is 123 Å². The van der Waals surface area contributed by atoms with E-state index < -0.39 is 149 Å². The van der Waals surface area contributed by atoms with Gasteiger partial charge in [-0.3, -0.25) is 0 Å². The Hall–Kier alpha value is -0.840. The van der Waals surface area contributed by atoms with Gasteiger partial charge in [-0.05, 0) is 0 Å². The molecular weight excluding hydrogens is 624 g/mol. The predicted octanol–water partition coefficient (Wildman–Crippen LogP) is -9.75. The van der Waals surface area contributed by atoms with Crippen molar-refractivity contribution >= 4 is 0 Å². The Balaban J connectivity index is 1.53. The summed E-state index contributed by atoms with van der Waals surface area (Å²) in [5, 5.41) is 143. The highest BCUT2D eigenvalue weighted by Crippen LogP contribution is 2.34. The molecule has 0 amide bonds. The summed E-state index contributed by atoms with van der Waals surface area (Å²) in [4.78, 5) is 0. The smallest absolute Gasteiger partial charge is 0.187 e. The zero-order valence-corrected chi connectivity index (χ0v) is 23.5. The Kier molecular flexibility index (Phi) is 12.8. The third kappa shape index (κ3) is 7.44. The lowest BCUT2D eigenvalue weighted by molar-refractivity contribution is -0.389. The Morgan fingerprint density at radius 1 is 0.333 bits per heavy atom. The second-order valence-electron chi connectivity index (χ2n) is 11.1. The van der Waals surface area contributed by atoms with Gasteiger partial charge in [0.1, 0.15) is 97.7 Å². The summed E-state index contributed by atoms with van der Waals surface area (Å²) in [6.07, 6.45) is -36.1. The first-order valence-corrected chi connectivity index (χ1v) is 14.1. The van der Waals surface area contributed by atoms with Crippen LogP contribution in [0.3, 0.4) is 0 Å². The van der Waals surface area contributed by atoms with E-state index in [4.69, 9.17) is 33.2 Å². The van der Waals surface area contributed by atoms with E-state index in [1.807, 2.05) is 0 Å². The molecule has 264 valence electrons. The molecule has 45 heavy (non-hydrogen) atoms. The first-order chi connectivity index (χ1) is 21.3. The summed E-state index contributed by atoms with van der Waals surface area (Å²) in [5.41, 5.74) is 0. The molecule has 4 fully saturated rings. The van der Waals surface area contributed by atoms with Gasteiger partial charge in [0.15, 0.2) is 25.2 Å². The highest BCUT2D eigenvalue weighted by Gasteiger charge is 2.55. The maximum absolute atomic E-state index is 11.1. The number of rotatable bonds is 10. The summed E-state index contributed by atoms with van der Waals surface area (Å²) in [6, 6.07) is 0. The lowest BCUT2D eigenvalue weighted by Gasteiger charge is -2.49. The molecule has 4 aliphatic heterocycles. The molecule has 4 heterocycles. The van der Waals surface area contributed by atoms with E-state index in [0.29, 0.717) is 0 Å². The van der Waals surface area contributed by atoms with E-state index in [0.717, 1.165) is 0 Å². The summed E-state index contributed by atoms with van der Waals surface area (Å²) in [6.45, 7) is -3.42. The van der Waals surface area contributed by atoms with Gasteiger partial charge in [-0.25, -0.2) is 0 Å². The Bertz CT molecular complexity index is 916. The lowest BCUT2D eigenvalue weighted by Crippen LogP contribution is -2.67. The fraction of sp³-hybridized carbons (Fsp3) is 1.00. The molecule has 1 unspecified atom stereocenters. The van der Waals surface area contributed by atoms with Gasteiger partial charge >= 0.3 is 0 Å². The number of aliphatic hydroxyl groups is 14. The normalized spacial score (nSPS) is 52.9. The Labute approximate surface area is 254 Å². The standard InChI is InChI=1S/C24H42O21/c25-1-5-9(29)13(33)14(34)22(40-5)44-19-11(31)7(3-27)42-24(16(19)36)45-20-12(32)8(4-28)41-23(17(20)37)43-18-10(30)6(2-26)39-21(38)15(18)35/h5-38H,1-4H2/t5-,6-,7-,8-,9-,10-,11-,12-,13+,14+,15+,16+,17+,18+,19+,20+,21?,22-,23-,24-/m1/s1. The monoisotopic (exact) mass is 666 g/mol.